The van der Waals surface area contributed by atoms with Crippen LogP contribution in [0.5, 0.6) is 0 Å². The summed E-state index contributed by atoms with van der Waals surface area (Å²) in [6.07, 6.45) is 2.97. The molecule has 0 atom stereocenters. The summed E-state index contributed by atoms with van der Waals surface area (Å²) in [7, 11) is 0. The Kier molecular flexibility index (Phi) is 4.71. The number of carbonyl (C=O) groups excluding carboxylic acids is 1. The average molecular weight is 323 g/mol. The summed E-state index contributed by atoms with van der Waals surface area (Å²) in [6, 6.07) is 13.0. The number of hydrogen-bond acceptors (Lipinski definition) is 5. The summed E-state index contributed by atoms with van der Waals surface area (Å²) < 4.78 is 13.6. The van der Waals surface area contributed by atoms with Crippen molar-refractivity contribution in [3.8, 4) is 0 Å². The molecular weight excluding hydrogens is 309 g/mol. The van der Waals surface area contributed by atoms with Crippen LogP contribution in [0.4, 0.5) is 15.9 Å². The third-order valence-electron chi connectivity index (χ3n) is 3.20. The summed E-state index contributed by atoms with van der Waals surface area (Å²) in [5, 5.41) is 5.55. The van der Waals surface area contributed by atoms with Crippen LogP contribution < -0.4 is 10.6 Å². The predicted molar refractivity (Wildman–Crippen MR) is 87.9 cm³/mol. The van der Waals surface area contributed by atoms with E-state index in [4.69, 9.17) is 0 Å². The van der Waals surface area contributed by atoms with Crippen molar-refractivity contribution in [1.29, 1.82) is 0 Å². The quantitative estimate of drug-likeness (QED) is 0.755. The lowest BCUT2D eigenvalue weighted by Crippen LogP contribution is -2.15. The molecule has 2 N–H and O–H groups in total. The Hall–Kier alpha value is -3.35. The number of nitrogens with zero attached hydrogens (tertiary/aromatic N) is 3. The molecule has 3 aromatic rings. The summed E-state index contributed by atoms with van der Waals surface area (Å²) >= 11 is 0. The van der Waals surface area contributed by atoms with Gasteiger partial charge in [0, 0.05) is 12.3 Å². The van der Waals surface area contributed by atoms with Crippen LogP contribution in [0.1, 0.15) is 16.2 Å². The zero-order valence-corrected chi connectivity index (χ0v) is 12.6. The number of benzene rings is 1. The lowest BCUT2D eigenvalue weighted by atomic mass is 10.3. The predicted octanol–water partition coefficient (Wildman–Crippen LogP) is 2.88. The molecule has 0 unspecified atom stereocenters. The second-order valence-corrected chi connectivity index (χ2v) is 4.90. The van der Waals surface area contributed by atoms with Gasteiger partial charge in [-0.25, -0.2) is 14.4 Å². The van der Waals surface area contributed by atoms with E-state index in [2.05, 4.69) is 25.6 Å². The topological polar surface area (TPSA) is 79.8 Å². The molecule has 120 valence electrons. The summed E-state index contributed by atoms with van der Waals surface area (Å²) in [6.45, 7) is 0.465. The smallest absolute Gasteiger partial charge is 0.274 e. The first-order chi connectivity index (χ1) is 11.7. The summed E-state index contributed by atoms with van der Waals surface area (Å²) in [4.78, 5) is 24.4. The highest BCUT2D eigenvalue weighted by molar-refractivity contribution is 6.03. The molecule has 0 bridgehead atoms. The van der Waals surface area contributed by atoms with Crippen molar-refractivity contribution < 1.29 is 9.18 Å². The van der Waals surface area contributed by atoms with Gasteiger partial charge in [0.1, 0.15) is 23.7 Å². The molecule has 2 heterocycles. The Bertz CT molecular complexity index is 841. The third kappa shape index (κ3) is 3.89. The van der Waals surface area contributed by atoms with Crippen LogP contribution in [0.15, 0.2) is 61.1 Å². The van der Waals surface area contributed by atoms with Crippen molar-refractivity contribution in [1.82, 2.24) is 15.0 Å². The van der Waals surface area contributed by atoms with Crippen LogP contribution in [-0.2, 0) is 6.54 Å². The van der Waals surface area contributed by atoms with Crippen molar-refractivity contribution in [2.45, 2.75) is 6.54 Å². The summed E-state index contributed by atoms with van der Waals surface area (Å²) in [5.74, 6) is -0.536. The van der Waals surface area contributed by atoms with Crippen LogP contribution in [0.25, 0.3) is 0 Å². The van der Waals surface area contributed by atoms with Gasteiger partial charge in [0.05, 0.1) is 17.9 Å². The molecule has 0 aliphatic heterocycles. The molecule has 2 aromatic heterocycles. The molecule has 0 saturated heterocycles. The van der Waals surface area contributed by atoms with Crippen LogP contribution >= 0.6 is 0 Å². The zero-order chi connectivity index (χ0) is 16.8. The van der Waals surface area contributed by atoms with Crippen LogP contribution in [0, 0.1) is 5.82 Å². The van der Waals surface area contributed by atoms with Crippen LogP contribution in [0.3, 0.4) is 0 Å². The molecule has 0 aliphatic carbocycles. The minimum Gasteiger partial charge on any atom is -0.364 e. The van der Waals surface area contributed by atoms with E-state index >= 15 is 0 Å². The summed E-state index contributed by atoms with van der Waals surface area (Å²) in [5.41, 5.74) is 1.08. The molecule has 1 amide bonds. The number of nitrogens with one attached hydrogen (secondary N) is 2. The molecule has 7 heteroatoms. The first-order valence-electron chi connectivity index (χ1n) is 7.24. The van der Waals surface area contributed by atoms with Gasteiger partial charge in [0.15, 0.2) is 0 Å². The fourth-order valence-corrected chi connectivity index (χ4v) is 2.01. The number of aromatic nitrogens is 3. The van der Waals surface area contributed by atoms with Crippen molar-refractivity contribution in [3.63, 3.8) is 0 Å². The second kappa shape index (κ2) is 7.28. The molecular formula is C17H14FN5O. The Morgan fingerprint density at radius 3 is 2.67 bits per heavy atom. The van der Waals surface area contributed by atoms with Gasteiger partial charge in [-0.3, -0.25) is 9.78 Å². The highest BCUT2D eigenvalue weighted by Crippen LogP contribution is 2.14. The first kappa shape index (κ1) is 15.5. The standard InChI is InChI=1S/C17H14FN5O/c18-13-6-1-2-7-14(13)23-17(24)15-9-16(22-11-21-15)20-10-12-5-3-4-8-19-12/h1-9,11H,10H2,(H,23,24)(H,20,21,22). The number of hydrogen-bond donors (Lipinski definition) is 2. The number of halogens is 1. The molecule has 0 aliphatic rings. The number of para-hydroxylation sites is 1. The molecule has 1 aromatic carbocycles. The van der Waals surface area contributed by atoms with Crippen LogP contribution in [0.2, 0.25) is 0 Å². The SMILES string of the molecule is O=C(Nc1ccccc1F)c1cc(NCc2ccccn2)ncn1. The van der Waals surface area contributed by atoms with Gasteiger partial charge in [-0.05, 0) is 24.3 Å². The molecule has 6 nitrogen and oxygen atoms in total. The Balaban J connectivity index is 1.68. The normalized spacial score (nSPS) is 10.2. The monoisotopic (exact) mass is 323 g/mol. The van der Waals surface area contributed by atoms with Gasteiger partial charge in [0.2, 0.25) is 0 Å². The van der Waals surface area contributed by atoms with E-state index in [0.29, 0.717) is 12.4 Å². The highest BCUT2D eigenvalue weighted by Gasteiger charge is 2.11. The van der Waals surface area contributed by atoms with Crippen molar-refractivity contribution in [2.75, 3.05) is 10.6 Å². The number of anilines is 2. The van der Waals surface area contributed by atoms with Gasteiger partial charge in [-0.1, -0.05) is 18.2 Å². The van der Waals surface area contributed by atoms with E-state index in [1.807, 2.05) is 18.2 Å². The Morgan fingerprint density at radius 2 is 1.88 bits per heavy atom. The molecule has 3 rings (SSSR count). The molecule has 0 spiro atoms. The second-order valence-electron chi connectivity index (χ2n) is 4.90. The minimum atomic E-state index is -0.511. The van der Waals surface area contributed by atoms with Gasteiger partial charge in [-0.2, -0.15) is 0 Å². The van der Waals surface area contributed by atoms with E-state index in [1.165, 1.54) is 24.5 Å². The number of pyridine rings is 1. The molecule has 0 saturated carbocycles. The van der Waals surface area contributed by atoms with E-state index < -0.39 is 11.7 Å². The van der Waals surface area contributed by atoms with E-state index in [1.54, 1.807) is 18.3 Å². The van der Waals surface area contributed by atoms with Crippen LogP contribution in [-0.4, -0.2) is 20.9 Å². The number of rotatable bonds is 5. The number of carbonyl (C=O) groups is 1. The largest absolute Gasteiger partial charge is 0.364 e. The zero-order valence-electron chi connectivity index (χ0n) is 12.6. The fourth-order valence-electron chi connectivity index (χ4n) is 2.01. The maximum Gasteiger partial charge on any atom is 0.274 e. The number of amides is 1. The molecule has 0 fully saturated rings. The van der Waals surface area contributed by atoms with E-state index in [0.717, 1.165) is 5.69 Å². The molecule has 24 heavy (non-hydrogen) atoms. The van der Waals surface area contributed by atoms with Crippen molar-refractivity contribution >= 4 is 17.4 Å². The van der Waals surface area contributed by atoms with E-state index in [-0.39, 0.29) is 11.4 Å². The first-order valence-corrected chi connectivity index (χ1v) is 7.24. The van der Waals surface area contributed by atoms with Gasteiger partial charge in [0.25, 0.3) is 5.91 Å². The fraction of sp³-hybridized carbons (Fsp3) is 0.0588. The average Bonchev–Trinajstić information content (AvgIpc) is 2.63. The Morgan fingerprint density at radius 1 is 1.04 bits per heavy atom. The lowest BCUT2D eigenvalue weighted by Gasteiger charge is -2.08. The third-order valence-corrected chi connectivity index (χ3v) is 3.20. The van der Waals surface area contributed by atoms with E-state index in [9.17, 15) is 9.18 Å². The molecule has 0 radical (unpaired) electrons. The van der Waals surface area contributed by atoms with Gasteiger partial charge >= 0.3 is 0 Å². The minimum absolute atomic E-state index is 0.101. The lowest BCUT2D eigenvalue weighted by molar-refractivity contribution is 0.102. The van der Waals surface area contributed by atoms with Crippen molar-refractivity contribution in [2.24, 2.45) is 0 Å². The highest BCUT2D eigenvalue weighted by atomic mass is 19.1. The maximum atomic E-state index is 13.6. The maximum absolute atomic E-state index is 13.6. The van der Waals surface area contributed by atoms with Gasteiger partial charge < -0.3 is 10.6 Å². The van der Waals surface area contributed by atoms with Crippen molar-refractivity contribution in [3.05, 3.63) is 78.3 Å². The van der Waals surface area contributed by atoms with Gasteiger partial charge in [-0.15, -0.1) is 0 Å². The Labute approximate surface area is 137 Å².